The number of fused-ring (bicyclic) bond motifs is 1. The molecular weight excluding hydrogens is 288 g/mol. The van der Waals surface area contributed by atoms with Crippen molar-refractivity contribution in [1.29, 1.82) is 0 Å². The fraction of sp³-hybridized carbons (Fsp3) is 0.267. The Balaban J connectivity index is 1.96. The molecule has 0 bridgehead atoms. The summed E-state index contributed by atoms with van der Waals surface area (Å²) in [7, 11) is 0. The first-order valence-electron chi connectivity index (χ1n) is 6.60. The van der Waals surface area contributed by atoms with Gasteiger partial charge in [0.25, 0.3) is 5.91 Å². The van der Waals surface area contributed by atoms with E-state index in [4.69, 9.17) is 0 Å². The Hall–Kier alpha value is -2.21. The largest absolute Gasteiger partial charge is 0.479 e. The molecule has 0 aliphatic carbocycles. The van der Waals surface area contributed by atoms with Gasteiger partial charge in [-0.3, -0.25) is 9.78 Å². The summed E-state index contributed by atoms with van der Waals surface area (Å²) < 4.78 is 0. The smallest absolute Gasteiger partial charge is 0.331 e. The van der Waals surface area contributed by atoms with Crippen molar-refractivity contribution in [3.63, 3.8) is 0 Å². The molecule has 0 fully saturated rings. The Kier molecular flexibility index (Phi) is 3.47. The second kappa shape index (κ2) is 5.29. The number of amides is 1. The number of aryl methyl sites for hydroxylation is 1. The molecule has 1 aliphatic rings. The van der Waals surface area contributed by atoms with E-state index in [-0.39, 0.29) is 5.91 Å². The normalized spacial score (nSPS) is 17.4. The van der Waals surface area contributed by atoms with Crippen LogP contribution in [0, 0.1) is 6.92 Å². The lowest BCUT2D eigenvalue weighted by Gasteiger charge is -2.33. The zero-order valence-electron chi connectivity index (χ0n) is 11.4. The zero-order valence-corrected chi connectivity index (χ0v) is 12.3. The van der Waals surface area contributed by atoms with Crippen LogP contribution in [0.3, 0.4) is 0 Å². The van der Waals surface area contributed by atoms with Gasteiger partial charge in [-0.05, 0) is 42.5 Å². The number of hydrogen-bond donors (Lipinski definition) is 1. The molecule has 6 heteroatoms. The maximum absolute atomic E-state index is 12.6. The average molecular weight is 302 g/mol. The molecule has 0 radical (unpaired) electrons. The topological polar surface area (TPSA) is 70.5 Å². The summed E-state index contributed by atoms with van der Waals surface area (Å²) in [6, 6.07) is 4.33. The zero-order chi connectivity index (χ0) is 15.0. The number of carboxylic acid groups (broad SMARTS) is 1. The van der Waals surface area contributed by atoms with Gasteiger partial charge in [-0.15, -0.1) is 11.3 Å². The van der Waals surface area contributed by atoms with Gasteiger partial charge in [0, 0.05) is 23.3 Å². The Labute approximate surface area is 125 Å². The van der Waals surface area contributed by atoms with E-state index >= 15 is 0 Å². The van der Waals surface area contributed by atoms with Crippen LogP contribution in [0.2, 0.25) is 0 Å². The van der Waals surface area contributed by atoms with E-state index in [2.05, 4.69) is 4.98 Å². The predicted molar refractivity (Wildman–Crippen MR) is 78.4 cm³/mol. The molecule has 21 heavy (non-hydrogen) atoms. The Bertz CT molecular complexity index is 693. The van der Waals surface area contributed by atoms with Gasteiger partial charge in [0.05, 0.1) is 5.56 Å². The molecule has 0 saturated heterocycles. The van der Waals surface area contributed by atoms with Crippen LogP contribution in [0.25, 0.3) is 0 Å². The van der Waals surface area contributed by atoms with Crippen molar-refractivity contribution in [3.8, 4) is 0 Å². The minimum atomic E-state index is -0.997. The minimum absolute atomic E-state index is 0.285. The van der Waals surface area contributed by atoms with Crippen molar-refractivity contribution in [2.75, 3.05) is 6.54 Å². The van der Waals surface area contributed by atoms with Crippen molar-refractivity contribution >= 4 is 23.2 Å². The van der Waals surface area contributed by atoms with Crippen molar-refractivity contribution in [3.05, 3.63) is 51.5 Å². The van der Waals surface area contributed by atoms with Crippen molar-refractivity contribution in [1.82, 2.24) is 9.88 Å². The van der Waals surface area contributed by atoms with E-state index < -0.39 is 12.0 Å². The third-order valence-electron chi connectivity index (χ3n) is 3.62. The number of pyridine rings is 1. The van der Waals surface area contributed by atoms with Crippen LogP contribution in [0.15, 0.2) is 29.8 Å². The van der Waals surface area contributed by atoms with Crippen LogP contribution >= 0.6 is 11.3 Å². The summed E-state index contributed by atoms with van der Waals surface area (Å²) in [5.74, 6) is -1.28. The van der Waals surface area contributed by atoms with E-state index in [1.165, 1.54) is 11.1 Å². The molecule has 1 aliphatic heterocycles. The van der Waals surface area contributed by atoms with Crippen LogP contribution in [-0.2, 0) is 11.2 Å². The number of aromatic nitrogens is 1. The molecule has 1 unspecified atom stereocenters. The van der Waals surface area contributed by atoms with E-state index in [1.807, 2.05) is 12.3 Å². The highest BCUT2D eigenvalue weighted by Gasteiger charge is 2.36. The number of carboxylic acids is 1. The molecule has 5 nitrogen and oxygen atoms in total. The average Bonchev–Trinajstić information content (AvgIpc) is 2.94. The molecule has 1 N–H and O–H groups in total. The lowest BCUT2D eigenvalue weighted by atomic mass is 9.99. The second-order valence-corrected chi connectivity index (χ2v) is 5.98. The van der Waals surface area contributed by atoms with Gasteiger partial charge in [-0.2, -0.15) is 0 Å². The van der Waals surface area contributed by atoms with Gasteiger partial charge < -0.3 is 10.0 Å². The Morgan fingerprint density at radius 1 is 1.38 bits per heavy atom. The van der Waals surface area contributed by atoms with Gasteiger partial charge in [0.1, 0.15) is 0 Å². The molecule has 2 aromatic heterocycles. The first-order chi connectivity index (χ1) is 10.1. The van der Waals surface area contributed by atoms with E-state index in [0.717, 1.165) is 16.1 Å². The maximum atomic E-state index is 12.6. The molecule has 108 valence electrons. The fourth-order valence-corrected chi connectivity index (χ4v) is 3.47. The monoisotopic (exact) mass is 302 g/mol. The highest BCUT2D eigenvalue weighted by atomic mass is 32.1. The van der Waals surface area contributed by atoms with Crippen LogP contribution in [-0.4, -0.2) is 33.4 Å². The number of thiophene rings is 1. The summed E-state index contributed by atoms with van der Waals surface area (Å²) in [5.41, 5.74) is 1.97. The van der Waals surface area contributed by atoms with Crippen molar-refractivity contribution < 1.29 is 14.7 Å². The molecule has 0 spiro atoms. The maximum Gasteiger partial charge on any atom is 0.331 e. The van der Waals surface area contributed by atoms with Gasteiger partial charge in [-0.1, -0.05) is 0 Å². The van der Waals surface area contributed by atoms with Crippen LogP contribution in [0.1, 0.15) is 32.5 Å². The SMILES string of the molecule is Cc1ccc(C(=O)N2CCc3sccc3C2C(=O)O)cn1. The lowest BCUT2D eigenvalue weighted by Crippen LogP contribution is -2.43. The lowest BCUT2D eigenvalue weighted by molar-refractivity contribution is -0.142. The van der Waals surface area contributed by atoms with Crippen LogP contribution in [0.5, 0.6) is 0 Å². The quantitative estimate of drug-likeness (QED) is 0.924. The molecule has 1 atom stereocenters. The van der Waals surface area contributed by atoms with Crippen LogP contribution in [0.4, 0.5) is 0 Å². The molecule has 3 heterocycles. The number of hydrogen-bond acceptors (Lipinski definition) is 4. The first-order valence-corrected chi connectivity index (χ1v) is 7.48. The molecule has 0 saturated carbocycles. The third kappa shape index (κ3) is 2.42. The van der Waals surface area contributed by atoms with Gasteiger partial charge in [-0.25, -0.2) is 4.79 Å². The van der Waals surface area contributed by atoms with Crippen molar-refractivity contribution in [2.24, 2.45) is 0 Å². The standard InChI is InChI=1S/C15H14N2O3S/c1-9-2-3-10(8-16-9)14(18)17-6-4-12-11(5-7-21-12)13(17)15(19)20/h2-3,5,7-8,13H,4,6H2,1H3,(H,19,20). The van der Waals surface area contributed by atoms with E-state index in [1.54, 1.807) is 29.5 Å². The molecule has 3 rings (SSSR count). The number of rotatable bonds is 2. The third-order valence-corrected chi connectivity index (χ3v) is 4.62. The predicted octanol–water partition coefficient (Wildman–Crippen LogP) is 2.28. The molecule has 2 aromatic rings. The number of nitrogens with zero attached hydrogens (tertiary/aromatic N) is 2. The van der Waals surface area contributed by atoms with Gasteiger partial charge in [0.15, 0.2) is 6.04 Å². The number of carbonyl (C=O) groups is 2. The highest BCUT2D eigenvalue weighted by molar-refractivity contribution is 7.10. The molecule has 1 amide bonds. The van der Waals surface area contributed by atoms with Gasteiger partial charge >= 0.3 is 5.97 Å². The fourth-order valence-electron chi connectivity index (χ4n) is 2.56. The van der Waals surface area contributed by atoms with Crippen LogP contribution < -0.4 is 0 Å². The highest BCUT2D eigenvalue weighted by Crippen LogP contribution is 2.34. The van der Waals surface area contributed by atoms with E-state index in [0.29, 0.717) is 18.5 Å². The van der Waals surface area contributed by atoms with Gasteiger partial charge in [0.2, 0.25) is 0 Å². The Morgan fingerprint density at radius 2 is 2.19 bits per heavy atom. The number of carbonyl (C=O) groups excluding carboxylic acids is 1. The molecule has 0 aromatic carbocycles. The number of aliphatic carboxylic acids is 1. The Morgan fingerprint density at radius 3 is 2.86 bits per heavy atom. The van der Waals surface area contributed by atoms with Crippen molar-refractivity contribution in [2.45, 2.75) is 19.4 Å². The summed E-state index contributed by atoms with van der Waals surface area (Å²) in [6.07, 6.45) is 2.20. The first kappa shape index (κ1) is 13.8. The summed E-state index contributed by atoms with van der Waals surface area (Å²) in [6.45, 7) is 2.25. The summed E-state index contributed by atoms with van der Waals surface area (Å²) in [4.78, 5) is 30.8. The molecular formula is C15H14N2O3S. The minimum Gasteiger partial charge on any atom is -0.479 e. The summed E-state index contributed by atoms with van der Waals surface area (Å²) in [5, 5.41) is 11.4. The second-order valence-electron chi connectivity index (χ2n) is 4.98. The van der Waals surface area contributed by atoms with E-state index in [9.17, 15) is 14.7 Å². The summed E-state index contributed by atoms with van der Waals surface area (Å²) >= 11 is 1.54.